The molecule has 108 valence electrons. The van der Waals surface area contributed by atoms with E-state index in [0.717, 1.165) is 13.1 Å². The molecule has 21 heavy (non-hydrogen) atoms. The SMILES string of the molecule is CC(Cn1ccnc1)NCc1cc(-c2ccccc2)cs1. The predicted molar refractivity (Wildman–Crippen MR) is 88.3 cm³/mol. The zero-order chi connectivity index (χ0) is 14.5. The Bertz CT molecular complexity index is 658. The van der Waals surface area contributed by atoms with E-state index in [1.807, 2.05) is 30.1 Å². The van der Waals surface area contributed by atoms with Crippen LogP contribution in [0.15, 0.2) is 60.5 Å². The smallest absolute Gasteiger partial charge is 0.0946 e. The van der Waals surface area contributed by atoms with Crippen LogP contribution in [-0.2, 0) is 13.1 Å². The van der Waals surface area contributed by atoms with Crippen molar-refractivity contribution in [3.63, 3.8) is 0 Å². The first-order valence-corrected chi connectivity index (χ1v) is 8.01. The highest BCUT2D eigenvalue weighted by Crippen LogP contribution is 2.25. The molecule has 1 atom stereocenters. The Kier molecular flexibility index (Phi) is 4.48. The molecule has 0 spiro atoms. The number of imidazole rings is 1. The van der Waals surface area contributed by atoms with Crippen molar-refractivity contribution >= 4 is 11.3 Å². The van der Waals surface area contributed by atoms with E-state index in [-0.39, 0.29) is 0 Å². The minimum atomic E-state index is 0.418. The van der Waals surface area contributed by atoms with Crippen molar-refractivity contribution < 1.29 is 0 Å². The largest absolute Gasteiger partial charge is 0.336 e. The van der Waals surface area contributed by atoms with E-state index >= 15 is 0 Å². The Hall–Kier alpha value is -1.91. The Morgan fingerprint density at radius 1 is 1.24 bits per heavy atom. The van der Waals surface area contributed by atoms with Crippen LogP contribution in [0.5, 0.6) is 0 Å². The van der Waals surface area contributed by atoms with Crippen LogP contribution in [0, 0.1) is 0 Å². The molecule has 1 aromatic carbocycles. The van der Waals surface area contributed by atoms with E-state index in [2.05, 4.69) is 63.6 Å². The van der Waals surface area contributed by atoms with Gasteiger partial charge in [-0.2, -0.15) is 0 Å². The lowest BCUT2D eigenvalue weighted by Crippen LogP contribution is -2.29. The van der Waals surface area contributed by atoms with Crippen LogP contribution in [0.3, 0.4) is 0 Å². The van der Waals surface area contributed by atoms with Crippen molar-refractivity contribution in [2.45, 2.75) is 26.1 Å². The average molecular weight is 297 g/mol. The summed E-state index contributed by atoms with van der Waals surface area (Å²) in [5.41, 5.74) is 2.59. The molecule has 0 aliphatic rings. The molecule has 0 saturated heterocycles. The monoisotopic (exact) mass is 297 g/mol. The highest BCUT2D eigenvalue weighted by Gasteiger charge is 2.05. The fraction of sp³-hybridized carbons (Fsp3) is 0.235. The zero-order valence-corrected chi connectivity index (χ0v) is 12.9. The topological polar surface area (TPSA) is 29.9 Å². The third-order valence-corrected chi connectivity index (χ3v) is 4.37. The van der Waals surface area contributed by atoms with Crippen molar-refractivity contribution in [3.05, 3.63) is 65.4 Å². The van der Waals surface area contributed by atoms with Crippen LogP contribution >= 0.6 is 11.3 Å². The summed E-state index contributed by atoms with van der Waals surface area (Å²) in [6.07, 6.45) is 5.67. The summed E-state index contributed by atoms with van der Waals surface area (Å²) in [6.45, 7) is 4.05. The van der Waals surface area contributed by atoms with Gasteiger partial charge in [0.2, 0.25) is 0 Å². The number of nitrogens with zero attached hydrogens (tertiary/aromatic N) is 2. The molecule has 4 heteroatoms. The van der Waals surface area contributed by atoms with Gasteiger partial charge < -0.3 is 9.88 Å². The third-order valence-electron chi connectivity index (χ3n) is 3.43. The molecule has 1 N–H and O–H groups in total. The van der Waals surface area contributed by atoms with Gasteiger partial charge in [0.05, 0.1) is 6.33 Å². The lowest BCUT2D eigenvalue weighted by Gasteiger charge is -2.13. The quantitative estimate of drug-likeness (QED) is 0.750. The van der Waals surface area contributed by atoms with Gasteiger partial charge in [-0.3, -0.25) is 0 Å². The van der Waals surface area contributed by atoms with Crippen LogP contribution in [-0.4, -0.2) is 15.6 Å². The standard InChI is InChI=1S/C17H19N3S/c1-14(11-20-8-7-18-13-20)19-10-17-9-16(12-21-17)15-5-3-2-4-6-15/h2-9,12-14,19H,10-11H2,1H3. The Labute approximate surface area is 129 Å². The first kappa shape index (κ1) is 14.0. The minimum absolute atomic E-state index is 0.418. The number of thiophene rings is 1. The summed E-state index contributed by atoms with van der Waals surface area (Å²) < 4.78 is 2.10. The Morgan fingerprint density at radius 3 is 2.86 bits per heavy atom. The van der Waals surface area contributed by atoms with Crippen molar-refractivity contribution in [2.24, 2.45) is 0 Å². The molecule has 0 saturated carbocycles. The summed E-state index contributed by atoms with van der Waals surface area (Å²) in [4.78, 5) is 5.43. The summed E-state index contributed by atoms with van der Waals surface area (Å²) in [7, 11) is 0. The maximum Gasteiger partial charge on any atom is 0.0946 e. The second-order valence-corrected chi connectivity index (χ2v) is 6.20. The number of hydrogen-bond acceptors (Lipinski definition) is 3. The van der Waals surface area contributed by atoms with Gasteiger partial charge in [-0.15, -0.1) is 11.3 Å². The van der Waals surface area contributed by atoms with Gasteiger partial charge in [-0.25, -0.2) is 4.98 Å². The molecular weight excluding hydrogens is 278 g/mol. The lowest BCUT2D eigenvalue weighted by molar-refractivity contribution is 0.478. The number of benzene rings is 1. The molecule has 2 heterocycles. The zero-order valence-electron chi connectivity index (χ0n) is 12.1. The maximum atomic E-state index is 4.07. The van der Waals surface area contributed by atoms with Crippen LogP contribution < -0.4 is 5.32 Å². The first-order chi connectivity index (χ1) is 10.3. The fourth-order valence-corrected chi connectivity index (χ4v) is 3.15. The van der Waals surface area contributed by atoms with Gasteiger partial charge in [-0.05, 0) is 29.5 Å². The van der Waals surface area contributed by atoms with E-state index in [9.17, 15) is 0 Å². The number of rotatable bonds is 6. The molecular formula is C17H19N3S. The highest BCUT2D eigenvalue weighted by atomic mass is 32.1. The fourth-order valence-electron chi connectivity index (χ4n) is 2.31. The molecule has 0 amide bonds. The molecule has 0 radical (unpaired) electrons. The van der Waals surface area contributed by atoms with Gasteiger partial charge in [0, 0.05) is 36.4 Å². The predicted octanol–water partition coefficient (Wildman–Crippen LogP) is 3.79. The third kappa shape index (κ3) is 3.80. The Balaban J connectivity index is 1.55. The van der Waals surface area contributed by atoms with Gasteiger partial charge in [-0.1, -0.05) is 30.3 Å². The highest BCUT2D eigenvalue weighted by molar-refractivity contribution is 7.10. The van der Waals surface area contributed by atoms with E-state index in [4.69, 9.17) is 0 Å². The molecule has 0 bridgehead atoms. The maximum absolute atomic E-state index is 4.07. The van der Waals surface area contributed by atoms with Crippen molar-refractivity contribution in [1.82, 2.24) is 14.9 Å². The molecule has 2 aromatic heterocycles. The van der Waals surface area contributed by atoms with E-state index in [1.54, 1.807) is 0 Å². The van der Waals surface area contributed by atoms with Crippen molar-refractivity contribution in [3.8, 4) is 11.1 Å². The number of hydrogen-bond donors (Lipinski definition) is 1. The van der Waals surface area contributed by atoms with Crippen LogP contribution in [0.1, 0.15) is 11.8 Å². The summed E-state index contributed by atoms with van der Waals surface area (Å²) in [6, 6.07) is 13.2. The Morgan fingerprint density at radius 2 is 2.10 bits per heavy atom. The van der Waals surface area contributed by atoms with E-state index in [0.29, 0.717) is 6.04 Å². The lowest BCUT2D eigenvalue weighted by atomic mass is 10.1. The summed E-state index contributed by atoms with van der Waals surface area (Å²) in [5.74, 6) is 0. The van der Waals surface area contributed by atoms with Crippen LogP contribution in [0.2, 0.25) is 0 Å². The van der Waals surface area contributed by atoms with Gasteiger partial charge in [0.25, 0.3) is 0 Å². The summed E-state index contributed by atoms with van der Waals surface area (Å²) >= 11 is 1.81. The molecule has 3 aromatic rings. The first-order valence-electron chi connectivity index (χ1n) is 7.13. The molecule has 3 rings (SSSR count). The second-order valence-electron chi connectivity index (χ2n) is 5.21. The van der Waals surface area contributed by atoms with Crippen LogP contribution in [0.4, 0.5) is 0 Å². The number of nitrogens with one attached hydrogen (secondary N) is 1. The number of aromatic nitrogens is 2. The minimum Gasteiger partial charge on any atom is -0.336 e. The second kappa shape index (κ2) is 6.70. The molecule has 3 nitrogen and oxygen atoms in total. The average Bonchev–Trinajstić information content (AvgIpc) is 3.17. The molecule has 0 aliphatic carbocycles. The molecule has 1 unspecified atom stereocenters. The van der Waals surface area contributed by atoms with Crippen molar-refractivity contribution in [1.29, 1.82) is 0 Å². The van der Waals surface area contributed by atoms with Gasteiger partial charge in [0.1, 0.15) is 0 Å². The van der Waals surface area contributed by atoms with Crippen molar-refractivity contribution in [2.75, 3.05) is 0 Å². The normalized spacial score (nSPS) is 12.4. The van der Waals surface area contributed by atoms with E-state index < -0.39 is 0 Å². The van der Waals surface area contributed by atoms with Crippen LogP contribution in [0.25, 0.3) is 11.1 Å². The van der Waals surface area contributed by atoms with Gasteiger partial charge in [0.15, 0.2) is 0 Å². The molecule has 0 fully saturated rings. The van der Waals surface area contributed by atoms with Gasteiger partial charge >= 0.3 is 0 Å². The molecule has 0 aliphatic heterocycles. The van der Waals surface area contributed by atoms with E-state index in [1.165, 1.54) is 16.0 Å². The summed E-state index contributed by atoms with van der Waals surface area (Å²) in [5, 5.41) is 5.79.